The molecular weight excluding hydrogens is 228 g/mol. The maximum absolute atomic E-state index is 9.62. The van der Waals surface area contributed by atoms with Gasteiger partial charge in [0.15, 0.2) is 6.29 Å². The van der Waals surface area contributed by atoms with Crippen LogP contribution in [0.4, 0.5) is 0 Å². The van der Waals surface area contributed by atoms with Crippen molar-refractivity contribution in [3.8, 4) is 0 Å². The smallest absolute Gasteiger partial charge is 0.186 e. The minimum absolute atomic E-state index is 0.342. The predicted molar refractivity (Wildman–Crippen MR) is 59.2 cm³/mol. The quantitative estimate of drug-likeness (QED) is 0.347. The molecule has 0 aliphatic carbocycles. The molecule has 1 rings (SSSR count). The van der Waals surface area contributed by atoms with Gasteiger partial charge >= 0.3 is 0 Å². The summed E-state index contributed by atoms with van der Waals surface area (Å²) in [4.78, 5) is 0. The van der Waals surface area contributed by atoms with E-state index in [9.17, 15) is 15.3 Å². The Morgan fingerprint density at radius 3 is 2.47 bits per heavy atom. The van der Waals surface area contributed by atoms with E-state index in [1.54, 1.807) is 6.08 Å². The van der Waals surface area contributed by atoms with Gasteiger partial charge in [-0.15, -0.1) is 6.58 Å². The van der Waals surface area contributed by atoms with Crippen LogP contribution in [0.25, 0.3) is 0 Å². The molecule has 6 heteroatoms. The highest BCUT2D eigenvalue weighted by Crippen LogP contribution is 2.21. The maximum atomic E-state index is 9.62. The number of aliphatic hydroxyl groups is 4. The lowest BCUT2D eigenvalue weighted by Gasteiger charge is -2.39. The number of rotatable bonds is 6. The zero-order valence-electron chi connectivity index (χ0n) is 9.60. The number of ether oxygens (including phenoxy) is 2. The Bertz CT molecular complexity index is 232. The molecule has 5 atom stereocenters. The van der Waals surface area contributed by atoms with E-state index in [0.717, 1.165) is 12.8 Å². The van der Waals surface area contributed by atoms with E-state index in [1.807, 2.05) is 0 Å². The summed E-state index contributed by atoms with van der Waals surface area (Å²) in [6.07, 6.45) is -2.76. The van der Waals surface area contributed by atoms with Gasteiger partial charge in [-0.2, -0.15) is 0 Å². The zero-order chi connectivity index (χ0) is 12.8. The van der Waals surface area contributed by atoms with Crippen molar-refractivity contribution in [1.29, 1.82) is 0 Å². The fraction of sp³-hybridized carbons (Fsp3) is 0.818. The highest BCUT2D eigenvalue weighted by Gasteiger charge is 2.43. The summed E-state index contributed by atoms with van der Waals surface area (Å²) in [5.41, 5.74) is 0. The van der Waals surface area contributed by atoms with Gasteiger partial charge in [0.2, 0.25) is 0 Å². The number of hydrogen-bond donors (Lipinski definition) is 4. The molecule has 1 aliphatic rings. The molecule has 0 aromatic carbocycles. The molecule has 1 saturated heterocycles. The second-order valence-electron chi connectivity index (χ2n) is 4.00. The molecule has 0 spiro atoms. The molecule has 1 heterocycles. The Hall–Kier alpha value is -0.500. The van der Waals surface area contributed by atoms with Crippen LogP contribution in [0, 0.1) is 0 Å². The molecule has 17 heavy (non-hydrogen) atoms. The minimum Gasteiger partial charge on any atom is -0.394 e. The van der Waals surface area contributed by atoms with Gasteiger partial charge in [0.05, 0.1) is 13.2 Å². The molecule has 0 amide bonds. The molecule has 0 saturated carbocycles. The van der Waals surface area contributed by atoms with Crippen molar-refractivity contribution in [3.63, 3.8) is 0 Å². The number of aliphatic hydroxyl groups excluding tert-OH is 4. The van der Waals surface area contributed by atoms with Gasteiger partial charge in [-0.05, 0) is 12.8 Å². The Kier molecular flexibility index (Phi) is 6.04. The van der Waals surface area contributed by atoms with E-state index in [0.29, 0.717) is 6.61 Å². The van der Waals surface area contributed by atoms with Crippen LogP contribution in [0.5, 0.6) is 0 Å². The van der Waals surface area contributed by atoms with E-state index >= 15 is 0 Å². The van der Waals surface area contributed by atoms with Gasteiger partial charge in [0.25, 0.3) is 0 Å². The third-order valence-electron chi connectivity index (χ3n) is 2.68. The van der Waals surface area contributed by atoms with E-state index < -0.39 is 37.3 Å². The fourth-order valence-electron chi connectivity index (χ4n) is 1.63. The topological polar surface area (TPSA) is 99.4 Å². The van der Waals surface area contributed by atoms with Gasteiger partial charge in [0, 0.05) is 0 Å². The van der Waals surface area contributed by atoms with Crippen LogP contribution in [-0.2, 0) is 9.47 Å². The minimum atomic E-state index is -1.38. The van der Waals surface area contributed by atoms with Crippen LogP contribution >= 0.6 is 0 Å². The van der Waals surface area contributed by atoms with Crippen molar-refractivity contribution in [2.45, 2.75) is 43.5 Å². The molecule has 4 N–H and O–H groups in total. The lowest BCUT2D eigenvalue weighted by Crippen LogP contribution is -2.59. The molecular formula is C11H20O6. The SMILES string of the molecule is C=CCCCO[C@H]1O[C@H](CO)[C@@H](O)[C@H](O)[C@H]1O. The zero-order valence-corrected chi connectivity index (χ0v) is 9.60. The third kappa shape index (κ3) is 3.74. The lowest BCUT2D eigenvalue weighted by atomic mass is 9.99. The van der Waals surface area contributed by atoms with E-state index in [1.165, 1.54) is 0 Å². The fourth-order valence-corrected chi connectivity index (χ4v) is 1.63. The molecule has 0 radical (unpaired) electrons. The molecule has 1 fully saturated rings. The van der Waals surface area contributed by atoms with Crippen LogP contribution in [0.2, 0.25) is 0 Å². The van der Waals surface area contributed by atoms with Crippen molar-refractivity contribution in [1.82, 2.24) is 0 Å². The summed E-state index contributed by atoms with van der Waals surface area (Å²) in [7, 11) is 0. The highest BCUT2D eigenvalue weighted by atomic mass is 16.7. The molecule has 100 valence electrons. The van der Waals surface area contributed by atoms with Crippen LogP contribution in [-0.4, -0.2) is 64.3 Å². The Labute approximate surface area is 100 Å². The van der Waals surface area contributed by atoms with Crippen molar-refractivity contribution >= 4 is 0 Å². The van der Waals surface area contributed by atoms with Crippen molar-refractivity contribution < 1.29 is 29.9 Å². The third-order valence-corrected chi connectivity index (χ3v) is 2.68. The van der Waals surface area contributed by atoms with Crippen LogP contribution in [0.15, 0.2) is 12.7 Å². The summed E-state index contributed by atoms with van der Waals surface area (Å²) in [5, 5.41) is 37.6. The van der Waals surface area contributed by atoms with Crippen LogP contribution < -0.4 is 0 Å². The molecule has 0 unspecified atom stereocenters. The Morgan fingerprint density at radius 1 is 1.18 bits per heavy atom. The summed E-state index contributed by atoms with van der Waals surface area (Å²) in [5.74, 6) is 0. The maximum Gasteiger partial charge on any atom is 0.186 e. The van der Waals surface area contributed by atoms with E-state index in [-0.39, 0.29) is 0 Å². The summed E-state index contributed by atoms with van der Waals surface area (Å²) >= 11 is 0. The van der Waals surface area contributed by atoms with Gasteiger partial charge < -0.3 is 29.9 Å². The molecule has 0 aromatic rings. The van der Waals surface area contributed by atoms with Crippen molar-refractivity contribution in [3.05, 3.63) is 12.7 Å². The van der Waals surface area contributed by atoms with Crippen LogP contribution in [0.3, 0.4) is 0 Å². The lowest BCUT2D eigenvalue weighted by molar-refractivity contribution is -0.301. The second kappa shape index (κ2) is 7.05. The number of unbranched alkanes of at least 4 members (excludes halogenated alkanes) is 1. The first-order valence-corrected chi connectivity index (χ1v) is 5.64. The number of allylic oxidation sites excluding steroid dienone is 1. The first kappa shape index (κ1) is 14.6. The largest absolute Gasteiger partial charge is 0.394 e. The van der Waals surface area contributed by atoms with E-state index in [4.69, 9.17) is 14.6 Å². The Morgan fingerprint density at radius 2 is 1.88 bits per heavy atom. The highest BCUT2D eigenvalue weighted by molar-refractivity contribution is 4.88. The summed E-state index contributed by atoms with van der Waals surface area (Å²) in [6.45, 7) is 3.46. The average molecular weight is 248 g/mol. The van der Waals surface area contributed by atoms with Gasteiger partial charge in [-0.25, -0.2) is 0 Å². The van der Waals surface area contributed by atoms with Gasteiger partial charge in [-0.1, -0.05) is 6.08 Å². The first-order chi connectivity index (χ1) is 8.11. The van der Waals surface area contributed by atoms with Crippen LogP contribution in [0.1, 0.15) is 12.8 Å². The first-order valence-electron chi connectivity index (χ1n) is 5.64. The average Bonchev–Trinajstić information content (AvgIpc) is 2.34. The molecule has 0 bridgehead atoms. The monoisotopic (exact) mass is 248 g/mol. The summed E-state index contributed by atoms with van der Waals surface area (Å²) < 4.78 is 10.4. The normalized spacial score (nSPS) is 38.0. The molecule has 0 aromatic heterocycles. The van der Waals surface area contributed by atoms with Gasteiger partial charge in [-0.3, -0.25) is 0 Å². The van der Waals surface area contributed by atoms with Crippen molar-refractivity contribution in [2.24, 2.45) is 0 Å². The second-order valence-corrected chi connectivity index (χ2v) is 4.00. The number of hydrogen-bond acceptors (Lipinski definition) is 6. The summed E-state index contributed by atoms with van der Waals surface area (Å²) in [6, 6.07) is 0. The Balaban J connectivity index is 2.44. The molecule has 6 nitrogen and oxygen atoms in total. The van der Waals surface area contributed by atoms with E-state index in [2.05, 4.69) is 6.58 Å². The predicted octanol–water partition coefficient (Wildman–Crippen LogP) is -1.23. The standard InChI is InChI=1S/C11H20O6/c1-2-3-4-5-16-11-10(15)9(14)8(13)7(6-12)17-11/h2,7-15H,1,3-6H2/t7-,8-,9+,10-,11+/m1/s1. The van der Waals surface area contributed by atoms with Crippen molar-refractivity contribution in [2.75, 3.05) is 13.2 Å². The van der Waals surface area contributed by atoms with Gasteiger partial charge in [0.1, 0.15) is 24.4 Å². The molecule has 1 aliphatic heterocycles.